The Balaban J connectivity index is 1.96. The van der Waals surface area contributed by atoms with E-state index in [9.17, 15) is 0 Å². The van der Waals surface area contributed by atoms with Crippen LogP contribution < -0.4 is 10.1 Å². The average Bonchev–Trinajstić information content (AvgIpc) is 2.40. The number of aromatic nitrogens is 2. The normalized spacial score (nSPS) is 10.3. The highest BCUT2D eigenvalue weighted by Gasteiger charge is 2.01. The molecule has 1 aromatic heterocycles. The molecule has 0 spiro atoms. The molecule has 1 heterocycles. The highest BCUT2D eigenvalue weighted by atomic mass is 79.9. The number of halogens is 1. The van der Waals surface area contributed by atoms with Crippen LogP contribution in [0.5, 0.6) is 5.88 Å². The summed E-state index contributed by atoms with van der Waals surface area (Å²) in [4.78, 5) is 0. The highest BCUT2D eigenvalue weighted by molar-refractivity contribution is 9.10. The third-order valence-electron chi connectivity index (χ3n) is 2.39. The molecule has 0 saturated carbocycles. The lowest BCUT2D eigenvalue weighted by Crippen LogP contribution is -2.08. The molecule has 2 rings (SSSR count). The molecule has 18 heavy (non-hydrogen) atoms. The average molecular weight is 308 g/mol. The van der Waals surface area contributed by atoms with Crippen LogP contribution in [0.25, 0.3) is 0 Å². The SMILES string of the molecule is CNCc1ccc(OCc2ccccc2Br)nn1. The second-order valence-electron chi connectivity index (χ2n) is 3.77. The van der Waals surface area contributed by atoms with Crippen molar-refractivity contribution in [1.29, 1.82) is 0 Å². The Morgan fingerprint density at radius 2 is 2.00 bits per heavy atom. The fourth-order valence-corrected chi connectivity index (χ4v) is 1.87. The van der Waals surface area contributed by atoms with E-state index >= 15 is 0 Å². The Morgan fingerprint density at radius 1 is 1.17 bits per heavy atom. The second kappa shape index (κ2) is 6.47. The standard InChI is InChI=1S/C13H14BrN3O/c1-15-8-11-6-7-13(17-16-11)18-9-10-4-2-3-5-12(10)14/h2-7,15H,8-9H2,1H3. The van der Waals surface area contributed by atoms with E-state index in [1.165, 1.54) is 0 Å². The summed E-state index contributed by atoms with van der Waals surface area (Å²) >= 11 is 3.48. The van der Waals surface area contributed by atoms with Crippen molar-refractivity contribution in [3.8, 4) is 5.88 Å². The molecule has 0 radical (unpaired) electrons. The summed E-state index contributed by atoms with van der Waals surface area (Å²) < 4.78 is 6.61. The topological polar surface area (TPSA) is 47.0 Å². The third kappa shape index (κ3) is 3.51. The molecule has 0 bridgehead atoms. The number of nitrogens with zero attached hydrogens (tertiary/aromatic N) is 2. The van der Waals surface area contributed by atoms with Crippen molar-refractivity contribution in [1.82, 2.24) is 15.5 Å². The van der Waals surface area contributed by atoms with Gasteiger partial charge in [-0.05, 0) is 19.2 Å². The van der Waals surface area contributed by atoms with Crippen LogP contribution in [-0.4, -0.2) is 17.2 Å². The van der Waals surface area contributed by atoms with Gasteiger partial charge in [0.2, 0.25) is 5.88 Å². The molecule has 0 aliphatic carbocycles. The molecule has 94 valence electrons. The summed E-state index contributed by atoms with van der Waals surface area (Å²) in [5, 5.41) is 11.1. The summed E-state index contributed by atoms with van der Waals surface area (Å²) in [6.45, 7) is 1.18. The molecule has 0 saturated heterocycles. The Hall–Kier alpha value is -1.46. The highest BCUT2D eigenvalue weighted by Crippen LogP contribution is 2.17. The summed E-state index contributed by atoms with van der Waals surface area (Å²) in [5.74, 6) is 0.533. The Morgan fingerprint density at radius 3 is 2.67 bits per heavy atom. The second-order valence-corrected chi connectivity index (χ2v) is 4.63. The van der Waals surface area contributed by atoms with Crippen LogP contribution in [0.3, 0.4) is 0 Å². The monoisotopic (exact) mass is 307 g/mol. The first-order chi connectivity index (χ1) is 8.79. The Bertz CT molecular complexity index is 502. The van der Waals surface area contributed by atoms with Gasteiger partial charge in [-0.1, -0.05) is 34.1 Å². The summed E-state index contributed by atoms with van der Waals surface area (Å²) in [5.41, 5.74) is 1.98. The predicted molar refractivity (Wildman–Crippen MR) is 73.3 cm³/mol. The maximum Gasteiger partial charge on any atom is 0.233 e. The number of hydrogen-bond donors (Lipinski definition) is 1. The molecular formula is C13H14BrN3O. The Labute approximate surface area is 115 Å². The fourth-order valence-electron chi connectivity index (χ4n) is 1.47. The van der Waals surface area contributed by atoms with E-state index in [2.05, 4.69) is 31.4 Å². The van der Waals surface area contributed by atoms with Crippen LogP contribution >= 0.6 is 15.9 Å². The molecule has 5 heteroatoms. The van der Waals surface area contributed by atoms with Gasteiger partial charge in [-0.25, -0.2) is 0 Å². The van der Waals surface area contributed by atoms with E-state index in [1.807, 2.05) is 43.4 Å². The first kappa shape index (κ1) is 13.0. The minimum Gasteiger partial charge on any atom is -0.472 e. The van der Waals surface area contributed by atoms with Crippen LogP contribution in [0.15, 0.2) is 40.9 Å². The number of rotatable bonds is 5. The van der Waals surface area contributed by atoms with Crippen molar-refractivity contribution in [2.45, 2.75) is 13.2 Å². The van der Waals surface area contributed by atoms with Gasteiger partial charge in [-0.3, -0.25) is 0 Å². The number of hydrogen-bond acceptors (Lipinski definition) is 4. The maximum absolute atomic E-state index is 5.58. The molecule has 0 atom stereocenters. The number of nitrogens with one attached hydrogen (secondary N) is 1. The van der Waals surface area contributed by atoms with Crippen LogP contribution in [0, 0.1) is 0 Å². The number of benzene rings is 1. The van der Waals surface area contributed by atoms with E-state index in [1.54, 1.807) is 0 Å². The zero-order chi connectivity index (χ0) is 12.8. The number of ether oxygens (including phenoxy) is 1. The first-order valence-electron chi connectivity index (χ1n) is 5.63. The van der Waals surface area contributed by atoms with E-state index in [-0.39, 0.29) is 0 Å². The van der Waals surface area contributed by atoms with Crippen molar-refractivity contribution >= 4 is 15.9 Å². The minimum absolute atomic E-state index is 0.474. The van der Waals surface area contributed by atoms with Crippen LogP contribution in [0.4, 0.5) is 0 Å². The molecule has 1 N–H and O–H groups in total. The van der Waals surface area contributed by atoms with Gasteiger partial charge in [0.05, 0.1) is 5.69 Å². The maximum atomic E-state index is 5.58. The van der Waals surface area contributed by atoms with Crippen molar-refractivity contribution in [2.75, 3.05) is 7.05 Å². The smallest absolute Gasteiger partial charge is 0.233 e. The van der Waals surface area contributed by atoms with E-state index in [0.29, 0.717) is 19.0 Å². The van der Waals surface area contributed by atoms with E-state index < -0.39 is 0 Å². The molecule has 0 fully saturated rings. The summed E-state index contributed by atoms with van der Waals surface area (Å²) in [7, 11) is 1.87. The molecule has 0 aliphatic heterocycles. The van der Waals surface area contributed by atoms with Gasteiger partial charge in [0, 0.05) is 22.6 Å². The molecule has 0 unspecified atom stereocenters. The summed E-state index contributed by atoms with van der Waals surface area (Å²) in [6.07, 6.45) is 0. The molecule has 0 amide bonds. The van der Waals surface area contributed by atoms with Crippen molar-refractivity contribution < 1.29 is 4.74 Å². The molecule has 0 aliphatic rings. The summed E-state index contributed by atoms with van der Waals surface area (Å²) in [6, 6.07) is 11.7. The van der Waals surface area contributed by atoms with Crippen molar-refractivity contribution in [3.05, 3.63) is 52.1 Å². The van der Waals surface area contributed by atoms with Gasteiger partial charge >= 0.3 is 0 Å². The third-order valence-corrected chi connectivity index (χ3v) is 3.16. The van der Waals surface area contributed by atoms with Gasteiger partial charge in [-0.15, -0.1) is 5.10 Å². The molecule has 2 aromatic rings. The predicted octanol–water partition coefficient (Wildman–Crippen LogP) is 2.54. The van der Waals surface area contributed by atoms with Gasteiger partial charge < -0.3 is 10.1 Å². The van der Waals surface area contributed by atoms with Gasteiger partial charge in [-0.2, -0.15) is 5.10 Å². The van der Waals surface area contributed by atoms with Crippen LogP contribution in [-0.2, 0) is 13.2 Å². The molecular weight excluding hydrogens is 294 g/mol. The lowest BCUT2D eigenvalue weighted by atomic mass is 10.2. The van der Waals surface area contributed by atoms with Gasteiger partial charge in [0.25, 0.3) is 0 Å². The molecule has 1 aromatic carbocycles. The van der Waals surface area contributed by atoms with Crippen molar-refractivity contribution in [3.63, 3.8) is 0 Å². The van der Waals surface area contributed by atoms with Crippen LogP contribution in [0.1, 0.15) is 11.3 Å². The lowest BCUT2D eigenvalue weighted by Gasteiger charge is -2.06. The fraction of sp³-hybridized carbons (Fsp3) is 0.231. The van der Waals surface area contributed by atoms with E-state index in [0.717, 1.165) is 15.7 Å². The van der Waals surface area contributed by atoms with E-state index in [4.69, 9.17) is 4.74 Å². The molecule has 4 nitrogen and oxygen atoms in total. The Kier molecular flexibility index (Phi) is 4.66. The minimum atomic E-state index is 0.474. The lowest BCUT2D eigenvalue weighted by molar-refractivity contribution is 0.289. The zero-order valence-electron chi connectivity index (χ0n) is 10.1. The largest absolute Gasteiger partial charge is 0.472 e. The van der Waals surface area contributed by atoms with Crippen LogP contribution in [0.2, 0.25) is 0 Å². The first-order valence-corrected chi connectivity index (χ1v) is 6.42. The quantitative estimate of drug-likeness (QED) is 0.922. The van der Waals surface area contributed by atoms with Gasteiger partial charge in [0.1, 0.15) is 6.61 Å². The zero-order valence-corrected chi connectivity index (χ0v) is 11.6. The van der Waals surface area contributed by atoms with Crippen molar-refractivity contribution in [2.24, 2.45) is 0 Å². The van der Waals surface area contributed by atoms with Gasteiger partial charge in [0.15, 0.2) is 0 Å².